The fraction of sp³-hybridized carbons (Fsp3) is 0.227. The van der Waals surface area contributed by atoms with Crippen LogP contribution in [0.3, 0.4) is 0 Å². The lowest BCUT2D eigenvalue weighted by Gasteiger charge is -2.36. The standard InChI is InChI=1S/C22H18N2O6S/c1-2-29-12-6-3-10(4-7-12)24-20(26)16-15-13-8-5-11(25)9-14(13)30-22(28)17(15)19(23)31-18(16)21(24)27/h3-9,15-16,18,25H,2,23H2,1H3/t15-,16+,18-/m1/s1. The Morgan fingerprint density at radius 1 is 1.13 bits per heavy atom. The van der Waals surface area contributed by atoms with E-state index in [1.165, 1.54) is 12.1 Å². The minimum Gasteiger partial charge on any atom is -0.508 e. The molecule has 3 aliphatic rings. The Morgan fingerprint density at radius 2 is 1.87 bits per heavy atom. The average molecular weight is 438 g/mol. The quantitative estimate of drug-likeness (QED) is 0.426. The number of thioether (sulfide) groups is 1. The molecular weight excluding hydrogens is 420 g/mol. The number of amides is 2. The van der Waals surface area contributed by atoms with Gasteiger partial charge in [0.1, 0.15) is 22.5 Å². The van der Waals surface area contributed by atoms with Crippen LogP contribution in [0.2, 0.25) is 0 Å². The smallest absolute Gasteiger partial charge is 0.342 e. The van der Waals surface area contributed by atoms with Crippen LogP contribution in [0.15, 0.2) is 53.1 Å². The fourth-order valence-corrected chi connectivity index (χ4v) is 5.59. The molecule has 3 N–H and O–H groups in total. The molecule has 0 aromatic heterocycles. The Morgan fingerprint density at radius 3 is 2.58 bits per heavy atom. The molecule has 0 spiro atoms. The third-order valence-corrected chi connectivity index (χ3v) is 6.87. The maximum Gasteiger partial charge on any atom is 0.342 e. The number of carbonyl (C=O) groups excluding carboxylic acids is 3. The van der Waals surface area contributed by atoms with E-state index in [1.807, 2.05) is 6.92 Å². The maximum absolute atomic E-state index is 13.5. The Kier molecular flexibility index (Phi) is 4.44. The van der Waals surface area contributed by atoms with E-state index < -0.39 is 29.0 Å². The highest BCUT2D eigenvalue weighted by molar-refractivity contribution is 8.04. The molecule has 158 valence electrons. The number of hydrogen-bond acceptors (Lipinski definition) is 8. The molecule has 31 heavy (non-hydrogen) atoms. The van der Waals surface area contributed by atoms with Crippen LogP contribution in [-0.2, 0) is 14.4 Å². The van der Waals surface area contributed by atoms with Gasteiger partial charge >= 0.3 is 5.97 Å². The van der Waals surface area contributed by atoms with Crippen molar-refractivity contribution in [3.63, 3.8) is 0 Å². The minimum absolute atomic E-state index is 0.0708. The predicted octanol–water partition coefficient (Wildman–Crippen LogP) is 2.27. The second kappa shape index (κ2) is 7.05. The number of anilines is 1. The van der Waals surface area contributed by atoms with Crippen LogP contribution >= 0.6 is 11.8 Å². The zero-order valence-corrected chi connectivity index (χ0v) is 17.2. The van der Waals surface area contributed by atoms with Crippen molar-refractivity contribution in [1.82, 2.24) is 0 Å². The van der Waals surface area contributed by atoms with Gasteiger partial charge in [-0.2, -0.15) is 0 Å². The lowest BCUT2D eigenvalue weighted by molar-refractivity contribution is -0.131. The van der Waals surface area contributed by atoms with E-state index in [-0.39, 0.29) is 28.0 Å². The first-order valence-corrected chi connectivity index (χ1v) is 10.6. The van der Waals surface area contributed by atoms with Gasteiger partial charge in [0, 0.05) is 17.5 Å². The second-order valence-electron chi connectivity index (χ2n) is 7.37. The number of nitrogens with two attached hydrogens (primary N) is 1. The normalized spacial score (nSPS) is 24.5. The number of rotatable bonds is 3. The number of aromatic hydroxyl groups is 1. The van der Waals surface area contributed by atoms with E-state index in [2.05, 4.69) is 0 Å². The summed E-state index contributed by atoms with van der Waals surface area (Å²) in [7, 11) is 0. The topological polar surface area (TPSA) is 119 Å². The first-order chi connectivity index (χ1) is 14.9. The van der Waals surface area contributed by atoms with E-state index in [4.69, 9.17) is 15.2 Å². The van der Waals surface area contributed by atoms with E-state index in [1.54, 1.807) is 30.3 Å². The molecular formula is C22H18N2O6S. The summed E-state index contributed by atoms with van der Waals surface area (Å²) in [4.78, 5) is 40.6. The SMILES string of the molecule is CCOc1ccc(N2C(=O)[C@H]3[C@@H]4C(=C(N)S[C@H]3C2=O)C(=O)Oc2cc(O)ccc24)cc1. The number of phenols is 1. The monoisotopic (exact) mass is 438 g/mol. The molecule has 9 heteroatoms. The van der Waals surface area contributed by atoms with E-state index >= 15 is 0 Å². The highest BCUT2D eigenvalue weighted by Gasteiger charge is 2.58. The van der Waals surface area contributed by atoms with Crippen LogP contribution < -0.4 is 20.1 Å². The van der Waals surface area contributed by atoms with Crippen LogP contribution in [0.4, 0.5) is 5.69 Å². The number of fused-ring (bicyclic) bond motifs is 5. The Hall–Kier alpha value is -3.46. The summed E-state index contributed by atoms with van der Waals surface area (Å²) in [5.41, 5.74) is 7.31. The van der Waals surface area contributed by atoms with Crippen LogP contribution in [0.5, 0.6) is 17.2 Å². The van der Waals surface area contributed by atoms with Gasteiger partial charge in [-0.15, -0.1) is 0 Å². The molecule has 8 nitrogen and oxygen atoms in total. The van der Waals surface area contributed by atoms with Crippen molar-refractivity contribution < 1.29 is 29.0 Å². The number of hydrogen-bond donors (Lipinski definition) is 2. The van der Waals surface area contributed by atoms with Crippen molar-refractivity contribution in [3.8, 4) is 17.2 Å². The molecule has 1 fully saturated rings. The van der Waals surface area contributed by atoms with Gasteiger partial charge in [0.05, 0.1) is 28.8 Å². The van der Waals surface area contributed by atoms with Crippen molar-refractivity contribution >= 4 is 35.2 Å². The molecule has 0 unspecified atom stereocenters. The van der Waals surface area contributed by atoms with Crippen LogP contribution in [0.25, 0.3) is 0 Å². The molecule has 0 radical (unpaired) electrons. The highest BCUT2D eigenvalue weighted by atomic mass is 32.2. The molecule has 2 aromatic carbocycles. The third-order valence-electron chi connectivity index (χ3n) is 5.65. The van der Waals surface area contributed by atoms with Gasteiger partial charge in [-0.3, -0.25) is 9.59 Å². The molecule has 5 rings (SSSR count). The fourth-order valence-electron chi connectivity index (χ4n) is 4.35. The third kappa shape index (κ3) is 2.88. The molecule has 2 aromatic rings. The van der Waals surface area contributed by atoms with Gasteiger partial charge in [-0.1, -0.05) is 17.8 Å². The molecule has 0 saturated carbocycles. The molecule has 3 heterocycles. The Labute approximate surface area is 181 Å². The van der Waals surface area contributed by atoms with Crippen LogP contribution in [-0.4, -0.2) is 34.7 Å². The van der Waals surface area contributed by atoms with Crippen molar-refractivity contribution in [3.05, 3.63) is 58.6 Å². The largest absolute Gasteiger partial charge is 0.508 e. The summed E-state index contributed by atoms with van der Waals surface area (Å²) in [5, 5.41) is 9.19. The zero-order valence-electron chi connectivity index (χ0n) is 16.4. The van der Waals surface area contributed by atoms with Crippen molar-refractivity contribution in [2.24, 2.45) is 11.7 Å². The summed E-state index contributed by atoms with van der Waals surface area (Å²) in [6.07, 6.45) is 0. The first kappa shape index (κ1) is 19.5. The molecule has 3 atom stereocenters. The summed E-state index contributed by atoms with van der Waals surface area (Å²) < 4.78 is 10.8. The minimum atomic E-state index is -0.817. The zero-order chi connectivity index (χ0) is 21.9. The first-order valence-electron chi connectivity index (χ1n) is 9.72. The summed E-state index contributed by atoms with van der Waals surface area (Å²) >= 11 is 1.02. The number of imide groups is 1. The molecule has 2 amide bonds. The summed E-state index contributed by atoms with van der Waals surface area (Å²) in [6, 6.07) is 11.1. The Bertz CT molecular complexity index is 1160. The molecule has 1 saturated heterocycles. The maximum atomic E-state index is 13.5. The number of benzene rings is 2. The molecule has 3 aliphatic heterocycles. The average Bonchev–Trinajstić information content (AvgIpc) is 2.98. The number of ether oxygens (including phenoxy) is 2. The van der Waals surface area contributed by atoms with E-state index in [9.17, 15) is 19.5 Å². The van der Waals surface area contributed by atoms with Gasteiger partial charge < -0.3 is 20.3 Å². The summed E-state index contributed by atoms with van der Waals surface area (Å²) in [5.74, 6) is -2.29. The Balaban J connectivity index is 1.59. The molecule has 0 aliphatic carbocycles. The summed E-state index contributed by atoms with van der Waals surface area (Å²) in [6.45, 7) is 2.37. The highest BCUT2D eigenvalue weighted by Crippen LogP contribution is 2.54. The van der Waals surface area contributed by atoms with Gasteiger partial charge in [-0.25, -0.2) is 9.69 Å². The molecule has 0 bridgehead atoms. The number of esters is 1. The predicted molar refractivity (Wildman–Crippen MR) is 113 cm³/mol. The van der Waals surface area contributed by atoms with Crippen LogP contribution in [0.1, 0.15) is 18.4 Å². The lowest BCUT2D eigenvalue weighted by atomic mass is 9.77. The number of nitrogens with zero attached hydrogens (tertiary/aromatic N) is 1. The van der Waals surface area contributed by atoms with Gasteiger partial charge in [0.2, 0.25) is 11.8 Å². The van der Waals surface area contributed by atoms with E-state index in [0.29, 0.717) is 23.6 Å². The number of carbonyl (C=O) groups is 3. The van der Waals surface area contributed by atoms with E-state index in [0.717, 1.165) is 16.7 Å². The van der Waals surface area contributed by atoms with Crippen molar-refractivity contribution in [2.45, 2.75) is 18.1 Å². The van der Waals surface area contributed by atoms with Crippen molar-refractivity contribution in [2.75, 3.05) is 11.5 Å². The van der Waals surface area contributed by atoms with Crippen LogP contribution in [0, 0.1) is 5.92 Å². The van der Waals surface area contributed by atoms with Gasteiger partial charge in [-0.05, 0) is 37.3 Å². The van der Waals surface area contributed by atoms with Gasteiger partial charge in [0.25, 0.3) is 0 Å². The van der Waals surface area contributed by atoms with Crippen molar-refractivity contribution in [1.29, 1.82) is 0 Å². The lowest BCUT2D eigenvalue weighted by Crippen LogP contribution is -2.39. The van der Waals surface area contributed by atoms with Gasteiger partial charge in [0.15, 0.2) is 0 Å². The second-order valence-corrected chi connectivity index (χ2v) is 8.55. The number of phenolic OH excluding ortho intramolecular Hbond substituents is 1.